The average Bonchev–Trinajstić information content (AvgIpc) is 3.27. The zero-order valence-electron chi connectivity index (χ0n) is 16.0. The van der Waals surface area contributed by atoms with Gasteiger partial charge in [0.25, 0.3) is 0 Å². The van der Waals surface area contributed by atoms with Crippen molar-refractivity contribution >= 4 is 33.3 Å². The Kier molecular flexibility index (Phi) is 4.88. The largest absolute Gasteiger partial charge is 0.496 e. The number of thiazole rings is 1. The van der Waals surface area contributed by atoms with E-state index in [9.17, 15) is 4.79 Å². The van der Waals surface area contributed by atoms with Gasteiger partial charge in [-0.25, -0.2) is 4.98 Å². The number of methoxy groups -OCH3 is 1. The summed E-state index contributed by atoms with van der Waals surface area (Å²) in [7, 11) is 3.64. The number of carbonyl (C=O) groups is 1. The number of benzene rings is 2. The van der Waals surface area contributed by atoms with E-state index in [1.165, 1.54) is 11.3 Å². The molecule has 6 heteroatoms. The maximum Gasteiger partial charge on any atom is 0.230 e. The van der Waals surface area contributed by atoms with Crippen LogP contribution in [0.4, 0.5) is 5.13 Å². The number of para-hydroxylation sites is 1. The Labute approximate surface area is 167 Å². The van der Waals surface area contributed by atoms with Crippen LogP contribution in [0.3, 0.4) is 0 Å². The van der Waals surface area contributed by atoms with Gasteiger partial charge >= 0.3 is 0 Å². The van der Waals surface area contributed by atoms with Gasteiger partial charge in [0.1, 0.15) is 5.75 Å². The van der Waals surface area contributed by atoms with E-state index < -0.39 is 0 Å². The molecule has 4 aromatic rings. The van der Waals surface area contributed by atoms with E-state index in [2.05, 4.69) is 16.4 Å². The van der Waals surface area contributed by atoms with Crippen LogP contribution in [0.5, 0.6) is 5.75 Å². The van der Waals surface area contributed by atoms with Crippen molar-refractivity contribution in [2.24, 2.45) is 7.05 Å². The summed E-state index contributed by atoms with van der Waals surface area (Å²) >= 11 is 1.41. The molecule has 5 nitrogen and oxygen atoms in total. The smallest absolute Gasteiger partial charge is 0.230 e. The number of aromatic nitrogens is 2. The fraction of sp³-hybridized carbons (Fsp3) is 0.182. The predicted octanol–water partition coefficient (Wildman–Crippen LogP) is 4.80. The maximum atomic E-state index is 12.6. The van der Waals surface area contributed by atoms with Gasteiger partial charge in [0.05, 0.1) is 19.2 Å². The molecule has 0 radical (unpaired) electrons. The zero-order valence-corrected chi connectivity index (χ0v) is 16.8. The Bertz CT molecular complexity index is 1160. The third-order valence-corrected chi connectivity index (χ3v) is 5.47. The number of ether oxygens (including phenoxy) is 1. The summed E-state index contributed by atoms with van der Waals surface area (Å²) in [5.41, 5.74) is 4.98. The SMILES string of the molecule is COc1ccc(C)cc1-c1csc(NC(=O)Cc2cn(C)c3ccccc23)n1. The summed E-state index contributed by atoms with van der Waals surface area (Å²) in [5.74, 6) is 0.693. The number of fused-ring (bicyclic) bond motifs is 1. The van der Waals surface area contributed by atoms with E-state index in [1.54, 1.807) is 7.11 Å². The Hall–Kier alpha value is -3.12. The number of anilines is 1. The molecular weight excluding hydrogens is 370 g/mol. The van der Waals surface area contributed by atoms with Gasteiger partial charge in [0.2, 0.25) is 5.91 Å². The van der Waals surface area contributed by atoms with Crippen molar-refractivity contribution in [3.8, 4) is 17.0 Å². The van der Waals surface area contributed by atoms with Crippen LogP contribution in [0.25, 0.3) is 22.2 Å². The minimum Gasteiger partial charge on any atom is -0.496 e. The second-order valence-corrected chi connectivity index (χ2v) is 7.61. The van der Waals surface area contributed by atoms with Crippen molar-refractivity contribution < 1.29 is 9.53 Å². The molecule has 0 aliphatic rings. The van der Waals surface area contributed by atoms with Crippen LogP contribution in [-0.4, -0.2) is 22.6 Å². The molecule has 1 amide bonds. The molecule has 0 saturated carbocycles. The number of hydrogen-bond acceptors (Lipinski definition) is 4. The molecule has 0 spiro atoms. The highest BCUT2D eigenvalue weighted by molar-refractivity contribution is 7.14. The number of nitrogens with one attached hydrogen (secondary N) is 1. The summed E-state index contributed by atoms with van der Waals surface area (Å²) in [4.78, 5) is 17.2. The van der Waals surface area contributed by atoms with Gasteiger partial charge in [-0.15, -0.1) is 11.3 Å². The highest BCUT2D eigenvalue weighted by Gasteiger charge is 2.14. The highest BCUT2D eigenvalue weighted by atomic mass is 32.1. The standard InChI is InChI=1S/C22H21N3O2S/c1-14-8-9-20(27-3)17(10-14)18-13-28-22(23-18)24-21(26)11-15-12-25(2)19-7-5-4-6-16(15)19/h4-10,12-13H,11H2,1-3H3,(H,23,24,26). The molecule has 2 heterocycles. The van der Waals surface area contributed by atoms with E-state index in [1.807, 2.05) is 66.5 Å². The summed E-state index contributed by atoms with van der Waals surface area (Å²) in [6, 6.07) is 14.1. The van der Waals surface area contributed by atoms with Crippen molar-refractivity contribution in [3.05, 3.63) is 65.2 Å². The minimum atomic E-state index is -0.0755. The first-order valence-corrected chi connectivity index (χ1v) is 9.86. The van der Waals surface area contributed by atoms with Gasteiger partial charge in [-0.3, -0.25) is 4.79 Å². The minimum absolute atomic E-state index is 0.0755. The monoisotopic (exact) mass is 391 g/mol. The van der Waals surface area contributed by atoms with Gasteiger partial charge < -0.3 is 14.6 Å². The highest BCUT2D eigenvalue weighted by Crippen LogP contribution is 2.33. The van der Waals surface area contributed by atoms with Crippen LogP contribution in [0.2, 0.25) is 0 Å². The first kappa shape index (κ1) is 18.3. The van der Waals surface area contributed by atoms with Crippen LogP contribution in [0.1, 0.15) is 11.1 Å². The summed E-state index contributed by atoms with van der Waals surface area (Å²) in [6.07, 6.45) is 2.32. The summed E-state index contributed by atoms with van der Waals surface area (Å²) in [5, 5.41) is 6.55. The van der Waals surface area contributed by atoms with Crippen LogP contribution in [-0.2, 0) is 18.3 Å². The van der Waals surface area contributed by atoms with E-state index in [0.29, 0.717) is 11.6 Å². The van der Waals surface area contributed by atoms with E-state index in [4.69, 9.17) is 4.74 Å². The molecule has 0 saturated heterocycles. The van der Waals surface area contributed by atoms with Crippen LogP contribution in [0, 0.1) is 6.92 Å². The lowest BCUT2D eigenvalue weighted by atomic mass is 10.1. The molecule has 4 rings (SSSR count). The molecule has 0 fully saturated rings. The Morgan fingerprint density at radius 1 is 1.25 bits per heavy atom. The quantitative estimate of drug-likeness (QED) is 0.532. The number of carbonyl (C=O) groups excluding carboxylic acids is 1. The lowest BCUT2D eigenvalue weighted by Crippen LogP contribution is -2.14. The van der Waals surface area contributed by atoms with Crippen molar-refractivity contribution in [1.82, 2.24) is 9.55 Å². The lowest BCUT2D eigenvalue weighted by molar-refractivity contribution is -0.115. The Morgan fingerprint density at radius 3 is 2.89 bits per heavy atom. The molecule has 142 valence electrons. The number of nitrogens with zero attached hydrogens (tertiary/aromatic N) is 2. The van der Waals surface area contributed by atoms with E-state index in [-0.39, 0.29) is 5.91 Å². The van der Waals surface area contributed by atoms with Crippen LogP contribution >= 0.6 is 11.3 Å². The lowest BCUT2D eigenvalue weighted by Gasteiger charge is -2.07. The first-order valence-electron chi connectivity index (χ1n) is 8.98. The van der Waals surface area contributed by atoms with Gasteiger partial charge in [-0.2, -0.15) is 0 Å². The molecule has 0 unspecified atom stereocenters. The third kappa shape index (κ3) is 3.51. The van der Waals surface area contributed by atoms with E-state index in [0.717, 1.165) is 39.0 Å². The topological polar surface area (TPSA) is 56.1 Å². The van der Waals surface area contributed by atoms with Gasteiger partial charge in [0.15, 0.2) is 5.13 Å². The first-order chi connectivity index (χ1) is 13.5. The number of rotatable bonds is 5. The number of hydrogen-bond donors (Lipinski definition) is 1. The molecule has 0 atom stereocenters. The molecule has 2 aromatic carbocycles. The summed E-state index contributed by atoms with van der Waals surface area (Å²) in [6.45, 7) is 2.03. The van der Waals surface area contributed by atoms with Crippen molar-refractivity contribution in [2.45, 2.75) is 13.3 Å². The number of amides is 1. The summed E-state index contributed by atoms with van der Waals surface area (Å²) < 4.78 is 7.49. The van der Waals surface area contributed by atoms with Gasteiger partial charge in [-0.05, 0) is 30.7 Å². The van der Waals surface area contributed by atoms with Crippen molar-refractivity contribution in [2.75, 3.05) is 12.4 Å². The fourth-order valence-electron chi connectivity index (χ4n) is 3.38. The van der Waals surface area contributed by atoms with Crippen LogP contribution < -0.4 is 10.1 Å². The van der Waals surface area contributed by atoms with Gasteiger partial charge in [0, 0.05) is 35.1 Å². The molecular formula is C22H21N3O2S. The second kappa shape index (κ2) is 7.48. The van der Waals surface area contributed by atoms with Crippen LogP contribution in [0.15, 0.2) is 54.0 Å². The Balaban J connectivity index is 1.53. The second-order valence-electron chi connectivity index (χ2n) is 6.75. The predicted molar refractivity (Wildman–Crippen MR) is 114 cm³/mol. The van der Waals surface area contributed by atoms with Gasteiger partial charge in [-0.1, -0.05) is 29.8 Å². The molecule has 0 bridgehead atoms. The molecule has 1 N–H and O–H groups in total. The molecule has 0 aliphatic heterocycles. The van der Waals surface area contributed by atoms with E-state index >= 15 is 0 Å². The maximum absolute atomic E-state index is 12.6. The normalized spacial score (nSPS) is 11.0. The third-order valence-electron chi connectivity index (χ3n) is 4.71. The Morgan fingerprint density at radius 2 is 2.07 bits per heavy atom. The number of aryl methyl sites for hydroxylation is 2. The molecule has 2 aromatic heterocycles. The molecule has 0 aliphatic carbocycles. The zero-order chi connectivity index (χ0) is 19.7. The fourth-order valence-corrected chi connectivity index (χ4v) is 4.11. The molecule has 28 heavy (non-hydrogen) atoms. The van der Waals surface area contributed by atoms with Crippen molar-refractivity contribution in [1.29, 1.82) is 0 Å². The van der Waals surface area contributed by atoms with Crippen molar-refractivity contribution in [3.63, 3.8) is 0 Å². The average molecular weight is 391 g/mol.